The Morgan fingerprint density at radius 3 is 2.33 bits per heavy atom. The summed E-state index contributed by atoms with van der Waals surface area (Å²) in [5, 5.41) is 47.8. The zero-order valence-corrected chi connectivity index (χ0v) is 16.6. The molecule has 1 aliphatic heterocycles. The van der Waals surface area contributed by atoms with E-state index in [9.17, 15) is 30.0 Å². The van der Waals surface area contributed by atoms with E-state index in [1.165, 1.54) is 0 Å². The van der Waals surface area contributed by atoms with Crippen molar-refractivity contribution in [2.24, 2.45) is 5.73 Å². The molecule has 0 spiro atoms. The Kier molecular flexibility index (Phi) is 7.60. The summed E-state index contributed by atoms with van der Waals surface area (Å²) in [6.07, 6.45) is -7.43. The van der Waals surface area contributed by atoms with Crippen LogP contribution in [0.5, 0.6) is 0 Å². The highest BCUT2D eigenvalue weighted by Gasteiger charge is 2.57. The Hall–Kier alpha value is 0.140. The minimum absolute atomic E-state index is 0.712. The average molecular weight is 546 g/mol. The highest BCUT2D eigenvalue weighted by molar-refractivity contribution is 9.40. The Labute approximate surface area is 161 Å². The molecule has 0 aromatic carbocycles. The molecule has 0 amide bonds. The van der Waals surface area contributed by atoms with Crippen molar-refractivity contribution < 1.29 is 44.6 Å². The van der Waals surface area contributed by atoms with Crippen molar-refractivity contribution >= 4 is 59.7 Å². The Morgan fingerprint density at radius 1 is 1.38 bits per heavy atom. The first-order chi connectivity index (χ1) is 10.9. The van der Waals surface area contributed by atoms with Gasteiger partial charge in [-0.2, -0.15) is 0 Å². The average Bonchev–Trinajstić information content (AvgIpc) is 2.47. The first-order valence-corrected chi connectivity index (χ1v) is 8.85. The summed E-state index contributed by atoms with van der Waals surface area (Å²) < 4.78 is 8.39. The first-order valence-electron chi connectivity index (χ1n) is 6.47. The van der Waals surface area contributed by atoms with Crippen LogP contribution in [0, 0.1) is 0 Å². The largest absolute Gasteiger partial charge is 0.476 e. The molecule has 1 saturated heterocycles. The van der Waals surface area contributed by atoms with Crippen LogP contribution in [0.1, 0.15) is 6.42 Å². The lowest BCUT2D eigenvalue weighted by molar-refractivity contribution is -0.298. The van der Waals surface area contributed by atoms with E-state index in [-0.39, 0.29) is 0 Å². The minimum Gasteiger partial charge on any atom is -0.476 e. The van der Waals surface area contributed by atoms with Crippen molar-refractivity contribution in [1.82, 2.24) is 0 Å². The lowest BCUT2D eigenvalue weighted by Crippen LogP contribution is -2.67. The maximum Gasteiger partial charge on any atom is 0.377 e. The predicted octanol–water partition coefficient (Wildman–Crippen LogP) is -1.66. The van der Waals surface area contributed by atoms with Crippen LogP contribution >= 0.6 is 47.8 Å². The fourth-order valence-electron chi connectivity index (χ4n) is 2.06. The Balaban J connectivity index is 3.17. The van der Waals surface area contributed by atoms with Crippen LogP contribution in [0.3, 0.4) is 0 Å². The van der Waals surface area contributed by atoms with Gasteiger partial charge in [0, 0.05) is 0 Å². The summed E-state index contributed by atoms with van der Waals surface area (Å²) in [4.78, 5) is 23.5. The van der Waals surface area contributed by atoms with E-state index in [4.69, 9.17) is 20.3 Å². The van der Waals surface area contributed by atoms with E-state index >= 15 is 0 Å². The number of aliphatic hydroxyl groups excluding tert-OH is 4. The lowest BCUT2D eigenvalue weighted by Gasteiger charge is -2.44. The molecule has 24 heavy (non-hydrogen) atoms. The van der Waals surface area contributed by atoms with Crippen LogP contribution in [0.4, 0.5) is 0 Å². The van der Waals surface area contributed by atoms with E-state index in [0.29, 0.717) is 0 Å². The molecule has 10 nitrogen and oxygen atoms in total. The molecule has 0 bridgehead atoms. The number of carbonyl (C=O) groups excluding carboxylic acids is 1. The maximum atomic E-state index is 11.9. The second kappa shape index (κ2) is 8.22. The van der Waals surface area contributed by atoms with Crippen molar-refractivity contribution in [3.63, 3.8) is 0 Å². The number of ether oxygens (including phenoxy) is 2. The van der Waals surface area contributed by atoms with Gasteiger partial charge in [-0.15, -0.1) is 0 Å². The molecule has 0 saturated carbocycles. The second-order valence-corrected chi connectivity index (χ2v) is 11.9. The molecule has 0 aromatic rings. The van der Waals surface area contributed by atoms with Gasteiger partial charge in [-0.3, -0.25) is 0 Å². The van der Waals surface area contributed by atoms with Crippen molar-refractivity contribution in [3.05, 3.63) is 0 Å². The van der Waals surface area contributed by atoms with Gasteiger partial charge in [0.05, 0.1) is 25.2 Å². The molecule has 1 fully saturated rings. The molecule has 1 heterocycles. The summed E-state index contributed by atoms with van der Waals surface area (Å²) in [6, 6.07) is -1.30. The minimum atomic E-state index is -2.66. The van der Waals surface area contributed by atoms with Crippen molar-refractivity contribution in [2.45, 2.75) is 44.8 Å². The van der Waals surface area contributed by atoms with Gasteiger partial charge in [-0.1, -0.05) is 0 Å². The summed E-state index contributed by atoms with van der Waals surface area (Å²) in [6.45, 7) is -0.864. The fraction of sp³-hybridized carbons (Fsp3) is 0.818. The van der Waals surface area contributed by atoms with Crippen LogP contribution in [-0.2, 0) is 19.1 Å². The van der Waals surface area contributed by atoms with Gasteiger partial charge < -0.3 is 40.7 Å². The third-order valence-electron chi connectivity index (χ3n) is 3.36. The van der Waals surface area contributed by atoms with Crippen LogP contribution < -0.4 is 5.73 Å². The van der Waals surface area contributed by atoms with Gasteiger partial charge >= 0.3 is 17.7 Å². The van der Waals surface area contributed by atoms with Crippen LogP contribution in [-0.4, -0.2) is 82.5 Å². The van der Waals surface area contributed by atoms with Gasteiger partial charge in [-0.25, -0.2) is 9.59 Å². The number of carboxylic acids is 1. The number of carboxylic acid groups (broad SMARTS) is 1. The van der Waals surface area contributed by atoms with Crippen molar-refractivity contribution in [3.8, 4) is 0 Å². The van der Waals surface area contributed by atoms with Crippen molar-refractivity contribution in [2.75, 3.05) is 6.61 Å². The lowest BCUT2D eigenvalue weighted by atomic mass is 9.89. The highest BCUT2D eigenvalue weighted by Crippen LogP contribution is 2.39. The number of nitrogens with two attached hydrogens (primary N) is 1. The van der Waals surface area contributed by atoms with Crippen molar-refractivity contribution in [1.29, 1.82) is 0 Å². The standard InChI is InChI=1S/C11H16Br3NO9/c12-11(13,14)9(22)24-10(8(20)21)1-3(17)5(15)7(23-10)6(19)4(18)2-16/h3-7,16-19H,1-2,15H2,(H,20,21)/t3-,4+,5+,6+,7+,10+/m0/s1. The van der Waals surface area contributed by atoms with E-state index < -0.39 is 63.4 Å². The van der Waals surface area contributed by atoms with Gasteiger partial charge in [0.15, 0.2) is 0 Å². The van der Waals surface area contributed by atoms with Gasteiger partial charge in [-0.05, 0) is 47.8 Å². The van der Waals surface area contributed by atoms with Crippen LogP contribution in [0.25, 0.3) is 0 Å². The van der Waals surface area contributed by atoms with E-state index in [2.05, 4.69) is 47.8 Å². The molecule has 7 N–H and O–H groups in total. The maximum absolute atomic E-state index is 11.9. The number of aliphatic carboxylic acids is 1. The third-order valence-corrected chi connectivity index (χ3v) is 4.33. The van der Waals surface area contributed by atoms with E-state index in [1.807, 2.05) is 0 Å². The SMILES string of the molecule is N[C@H]1[C@H]([C@H](O)[C@H](O)CO)O[C@](OC(=O)C(Br)(Br)Br)(C(=O)O)C[C@@H]1O. The zero-order chi connectivity index (χ0) is 18.9. The Morgan fingerprint density at radius 2 is 1.92 bits per heavy atom. The van der Waals surface area contributed by atoms with E-state index in [0.717, 1.165) is 0 Å². The number of esters is 1. The van der Waals surface area contributed by atoms with Gasteiger partial charge in [0.1, 0.15) is 18.3 Å². The highest BCUT2D eigenvalue weighted by atomic mass is 80.0. The van der Waals surface area contributed by atoms with Gasteiger partial charge in [0.2, 0.25) is 2.14 Å². The van der Waals surface area contributed by atoms with Crippen LogP contribution in [0.2, 0.25) is 0 Å². The molecule has 1 rings (SSSR count). The second-order valence-electron chi connectivity index (χ2n) is 5.12. The number of carbonyl (C=O) groups is 2. The van der Waals surface area contributed by atoms with E-state index in [1.54, 1.807) is 0 Å². The molecule has 0 unspecified atom stereocenters. The normalized spacial score (nSPS) is 33.6. The molecular weight excluding hydrogens is 530 g/mol. The molecule has 0 radical (unpaired) electrons. The van der Waals surface area contributed by atoms with Gasteiger partial charge in [0.25, 0.3) is 0 Å². The zero-order valence-electron chi connectivity index (χ0n) is 11.9. The summed E-state index contributed by atoms with van der Waals surface area (Å²) in [5.41, 5.74) is 5.66. The first kappa shape index (κ1) is 22.2. The summed E-state index contributed by atoms with van der Waals surface area (Å²) in [5.74, 6) is -5.56. The number of alkyl halides is 3. The molecule has 140 valence electrons. The monoisotopic (exact) mass is 543 g/mol. The molecular formula is C11H16Br3NO9. The fourth-order valence-corrected chi connectivity index (χ4v) is 2.30. The molecule has 0 aromatic heterocycles. The van der Waals surface area contributed by atoms with Crippen LogP contribution in [0.15, 0.2) is 0 Å². The topological polar surface area (TPSA) is 180 Å². The predicted molar refractivity (Wildman–Crippen MR) is 88.5 cm³/mol. The number of halogens is 3. The third kappa shape index (κ3) is 4.86. The molecule has 13 heteroatoms. The molecule has 6 atom stereocenters. The smallest absolute Gasteiger partial charge is 0.377 e. The number of aliphatic hydroxyl groups is 4. The summed E-state index contributed by atoms with van der Waals surface area (Å²) in [7, 11) is 0. The molecule has 0 aliphatic carbocycles. The number of hydrogen-bond donors (Lipinski definition) is 6. The molecule has 1 aliphatic rings. The number of hydrogen-bond acceptors (Lipinski definition) is 9. The quantitative estimate of drug-likeness (QED) is 0.173. The summed E-state index contributed by atoms with van der Waals surface area (Å²) >= 11 is 8.55. The number of rotatable bonds is 5. The Bertz CT molecular complexity index is 488.